The Morgan fingerprint density at radius 2 is 2.12 bits per heavy atom. The van der Waals surface area contributed by atoms with Crippen molar-refractivity contribution in [3.05, 3.63) is 28.2 Å². The summed E-state index contributed by atoms with van der Waals surface area (Å²) in [4.78, 5) is 0. The Morgan fingerprint density at radius 1 is 1.47 bits per heavy atom. The maximum atomic E-state index is 11.1. The Kier molecular flexibility index (Phi) is 4.97. The highest BCUT2D eigenvalue weighted by Gasteiger charge is 2.14. The molecule has 96 valence electrons. The highest BCUT2D eigenvalue weighted by atomic mass is 79.9. The smallest absolute Gasteiger partial charge is 0.148 e. The number of methoxy groups -OCH3 is 1. The van der Waals surface area contributed by atoms with Crippen molar-refractivity contribution in [1.82, 2.24) is 0 Å². The zero-order valence-electron chi connectivity index (χ0n) is 9.81. The molecule has 0 heterocycles. The van der Waals surface area contributed by atoms with Crippen molar-refractivity contribution in [2.45, 2.75) is 12.5 Å². The van der Waals surface area contributed by atoms with Crippen molar-refractivity contribution in [3.63, 3.8) is 0 Å². The molecule has 0 aliphatic carbocycles. The lowest BCUT2D eigenvalue weighted by Gasteiger charge is -2.13. The van der Waals surface area contributed by atoms with E-state index in [1.54, 1.807) is 7.11 Å². The van der Waals surface area contributed by atoms with Crippen molar-refractivity contribution in [2.75, 3.05) is 19.1 Å². The summed E-state index contributed by atoms with van der Waals surface area (Å²) >= 11 is 3.36. The molecule has 1 unspecified atom stereocenters. The molecule has 1 aromatic carbocycles. The summed E-state index contributed by atoms with van der Waals surface area (Å²) in [6, 6.07) is 5.16. The average Bonchev–Trinajstić information content (AvgIpc) is 2.14. The summed E-state index contributed by atoms with van der Waals surface area (Å²) in [5, 5.41) is 0. The average molecular weight is 322 g/mol. The second kappa shape index (κ2) is 5.84. The fourth-order valence-electron chi connectivity index (χ4n) is 1.64. The van der Waals surface area contributed by atoms with E-state index in [2.05, 4.69) is 15.9 Å². The number of benzene rings is 1. The molecule has 0 saturated carbocycles. The molecular formula is C11H16BrNO3S. The first-order valence-corrected chi connectivity index (χ1v) is 7.93. The predicted octanol–water partition coefficient (Wildman–Crippen LogP) is 1.37. The molecule has 0 aliphatic heterocycles. The van der Waals surface area contributed by atoms with E-state index >= 15 is 0 Å². The number of nitrogens with two attached hydrogens (primary N) is 1. The Labute approximate surface area is 110 Å². The van der Waals surface area contributed by atoms with E-state index in [9.17, 15) is 8.42 Å². The summed E-state index contributed by atoms with van der Waals surface area (Å²) < 4.78 is 28.4. The summed E-state index contributed by atoms with van der Waals surface area (Å²) in [6.45, 7) is 0. The fraction of sp³-hybridized carbons (Fsp3) is 0.455. The predicted molar refractivity (Wildman–Crippen MR) is 72.1 cm³/mol. The summed E-state index contributed by atoms with van der Waals surface area (Å²) in [7, 11) is -1.47. The first-order chi connectivity index (χ1) is 7.81. The molecular weight excluding hydrogens is 306 g/mol. The van der Waals surface area contributed by atoms with E-state index in [0.29, 0.717) is 6.42 Å². The molecule has 17 heavy (non-hydrogen) atoms. The van der Waals surface area contributed by atoms with Gasteiger partial charge in [-0.25, -0.2) is 8.42 Å². The van der Waals surface area contributed by atoms with Gasteiger partial charge in [0.1, 0.15) is 15.6 Å². The van der Waals surface area contributed by atoms with Crippen LogP contribution in [0.15, 0.2) is 22.7 Å². The van der Waals surface area contributed by atoms with Crippen LogP contribution in [0.3, 0.4) is 0 Å². The number of sulfone groups is 1. The molecule has 6 heteroatoms. The quantitative estimate of drug-likeness (QED) is 0.889. The van der Waals surface area contributed by atoms with Crippen LogP contribution in [-0.2, 0) is 16.3 Å². The van der Waals surface area contributed by atoms with Crippen molar-refractivity contribution < 1.29 is 13.2 Å². The second-order valence-electron chi connectivity index (χ2n) is 4.01. The van der Waals surface area contributed by atoms with Gasteiger partial charge in [-0.15, -0.1) is 0 Å². The van der Waals surface area contributed by atoms with E-state index in [-0.39, 0.29) is 5.75 Å². The van der Waals surface area contributed by atoms with Crippen LogP contribution >= 0.6 is 15.9 Å². The lowest BCUT2D eigenvalue weighted by molar-refractivity contribution is 0.408. The Bertz CT molecular complexity index is 487. The van der Waals surface area contributed by atoms with Crippen molar-refractivity contribution >= 4 is 25.8 Å². The third-order valence-electron chi connectivity index (χ3n) is 2.24. The van der Waals surface area contributed by atoms with Gasteiger partial charge in [-0.1, -0.05) is 15.9 Å². The molecule has 0 radical (unpaired) electrons. The maximum Gasteiger partial charge on any atom is 0.148 e. The third-order valence-corrected chi connectivity index (χ3v) is 3.77. The molecule has 0 aliphatic rings. The highest BCUT2D eigenvalue weighted by molar-refractivity contribution is 9.10. The normalized spacial score (nSPS) is 13.4. The minimum atomic E-state index is -3.05. The second-order valence-corrected chi connectivity index (χ2v) is 7.11. The zero-order chi connectivity index (χ0) is 13.1. The number of ether oxygens (including phenoxy) is 1. The van der Waals surface area contributed by atoms with Crippen molar-refractivity contribution in [2.24, 2.45) is 5.73 Å². The van der Waals surface area contributed by atoms with Crippen LogP contribution in [0.2, 0.25) is 0 Å². The first-order valence-electron chi connectivity index (χ1n) is 5.07. The molecule has 1 rings (SSSR count). The van der Waals surface area contributed by atoms with Crippen LogP contribution in [0, 0.1) is 0 Å². The van der Waals surface area contributed by atoms with Crippen LogP contribution < -0.4 is 10.5 Å². The standard InChI is InChI=1S/C11H16BrNO3S/c1-16-11-4-3-9(12)5-8(11)6-10(13)7-17(2,14)15/h3-5,10H,6-7,13H2,1-2H3. The van der Waals surface area contributed by atoms with E-state index in [1.807, 2.05) is 18.2 Å². The monoisotopic (exact) mass is 321 g/mol. The zero-order valence-corrected chi connectivity index (χ0v) is 12.2. The Morgan fingerprint density at radius 3 is 2.65 bits per heavy atom. The van der Waals surface area contributed by atoms with Gasteiger partial charge >= 0.3 is 0 Å². The van der Waals surface area contributed by atoms with Gasteiger partial charge in [0.15, 0.2) is 0 Å². The largest absolute Gasteiger partial charge is 0.496 e. The van der Waals surface area contributed by atoms with Gasteiger partial charge in [-0.2, -0.15) is 0 Å². The van der Waals surface area contributed by atoms with Gasteiger partial charge in [0, 0.05) is 16.8 Å². The molecule has 0 bridgehead atoms. The minimum Gasteiger partial charge on any atom is -0.496 e. The summed E-state index contributed by atoms with van der Waals surface area (Å²) in [5.41, 5.74) is 6.72. The van der Waals surface area contributed by atoms with Crippen molar-refractivity contribution in [1.29, 1.82) is 0 Å². The first kappa shape index (κ1) is 14.5. The van der Waals surface area contributed by atoms with E-state index < -0.39 is 15.9 Å². The molecule has 0 amide bonds. The molecule has 0 fully saturated rings. The van der Waals surface area contributed by atoms with E-state index in [1.165, 1.54) is 6.26 Å². The molecule has 2 N–H and O–H groups in total. The van der Waals surface area contributed by atoms with Gasteiger partial charge in [-0.05, 0) is 30.2 Å². The molecule has 0 spiro atoms. The van der Waals surface area contributed by atoms with Gasteiger partial charge in [-0.3, -0.25) is 0 Å². The number of hydrogen-bond donors (Lipinski definition) is 1. The van der Waals surface area contributed by atoms with Crippen molar-refractivity contribution in [3.8, 4) is 5.75 Å². The molecule has 1 aromatic rings. The van der Waals surface area contributed by atoms with Crippen LogP contribution in [0.5, 0.6) is 5.75 Å². The summed E-state index contributed by atoms with van der Waals surface area (Å²) in [5.74, 6) is 0.694. The minimum absolute atomic E-state index is 0.0251. The maximum absolute atomic E-state index is 11.1. The SMILES string of the molecule is COc1ccc(Br)cc1CC(N)CS(C)(=O)=O. The lowest BCUT2D eigenvalue weighted by atomic mass is 10.1. The van der Waals surface area contributed by atoms with Gasteiger partial charge in [0.25, 0.3) is 0 Å². The Hall–Kier alpha value is -0.590. The van der Waals surface area contributed by atoms with Gasteiger partial charge < -0.3 is 10.5 Å². The third kappa shape index (κ3) is 5.06. The fourth-order valence-corrected chi connectivity index (χ4v) is 2.94. The molecule has 4 nitrogen and oxygen atoms in total. The van der Waals surface area contributed by atoms with Crippen LogP contribution in [-0.4, -0.2) is 33.6 Å². The Balaban J connectivity index is 2.83. The van der Waals surface area contributed by atoms with Crippen LogP contribution in [0.4, 0.5) is 0 Å². The summed E-state index contributed by atoms with van der Waals surface area (Å²) in [6.07, 6.45) is 1.65. The van der Waals surface area contributed by atoms with Crippen LogP contribution in [0.25, 0.3) is 0 Å². The van der Waals surface area contributed by atoms with E-state index in [0.717, 1.165) is 15.8 Å². The highest BCUT2D eigenvalue weighted by Crippen LogP contribution is 2.24. The van der Waals surface area contributed by atoms with Gasteiger partial charge in [0.2, 0.25) is 0 Å². The number of rotatable bonds is 5. The topological polar surface area (TPSA) is 69.4 Å². The molecule has 1 atom stereocenters. The lowest BCUT2D eigenvalue weighted by Crippen LogP contribution is -2.31. The number of halogens is 1. The van der Waals surface area contributed by atoms with E-state index in [4.69, 9.17) is 10.5 Å². The molecule has 0 saturated heterocycles. The van der Waals surface area contributed by atoms with Gasteiger partial charge in [0.05, 0.1) is 12.9 Å². The molecule has 0 aromatic heterocycles. The number of hydrogen-bond acceptors (Lipinski definition) is 4. The van der Waals surface area contributed by atoms with Crippen LogP contribution in [0.1, 0.15) is 5.56 Å².